The zero-order chi connectivity index (χ0) is 14.5. The first-order valence-corrected chi connectivity index (χ1v) is 7.16. The molecule has 0 fully saturated rings. The van der Waals surface area contributed by atoms with Crippen molar-refractivity contribution >= 4 is 15.9 Å². The van der Waals surface area contributed by atoms with Crippen LogP contribution in [0.4, 0.5) is 4.39 Å². The molecule has 20 heavy (non-hydrogen) atoms. The number of halogens is 2. The van der Waals surface area contributed by atoms with Crippen molar-refractivity contribution in [1.29, 1.82) is 0 Å². The first-order chi connectivity index (χ1) is 9.63. The van der Waals surface area contributed by atoms with Gasteiger partial charge in [-0.15, -0.1) is 0 Å². The molecule has 2 aromatic carbocycles. The van der Waals surface area contributed by atoms with Gasteiger partial charge >= 0.3 is 0 Å². The molecule has 0 spiro atoms. The topological polar surface area (TPSA) is 18.5 Å². The minimum atomic E-state index is -0.223. The SMILES string of the molecule is COc1ccc(OC)c(C(Br)Cc2ccc(F)cc2)c1. The molecule has 0 radical (unpaired) electrons. The molecule has 2 aromatic rings. The van der Waals surface area contributed by atoms with E-state index in [4.69, 9.17) is 9.47 Å². The minimum absolute atomic E-state index is 0.0676. The van der Waals surface area contributed by atoms with Crippen molar-refractivity contribution in [2.75, 3.05) is 14.2 Å². The summed E-state index contributed by atoms with van der Waals surface area (Å²) in [5, 5.41) is 0. The zero-order valence-electron chi connectivity index (χ0n) is 11.4. The number of hydrogen-bond acceptors (Lipinski definition) is 2. The molecule has 0 saturated carbocycles. The summed E-state index contributed by atoms with van der Waals surface area (Å²) in [6, 6.07) is 12.2. The fourth-order valence-electron chi connectivity index (χ4n) is 2.02. The summed E-state index contributed by atoms with van der Waals surface area (Å²) in [6.45, 7) is 0. The van der Waals surface area contributed by atoms with Crippen molar-refractivity contribution in [2.24, 2.45) is 0 Å². The van der Waals surface area contributed by atoms with Crippen LogP contribution in [0.5, 0.6) is 11.5 Å². The maximum absolute atomic E-state index is 12.9. The van der Waals surface area contributed by atoms with Crippen molar-refractivity contribution in [1.82, 2.24) is 0 Å². The molecular formula is C16H16BrFO2. The first-order valence-electron chi connectivity index (χ1n) is 6.24. The third kappa shape index (κ3) is 3.51. The summed E-state index contributed by atoms with van der Waals surface area (Å²) in [5.41, 5.74) is 2.06. The van der Waals surface area contributed by atoms with Gasteiger partial charge in [-0.1, -0.05) is 28.1 Å². The number of alkyl halides is 1. The maximum atomic E-state index is 12.9. The second kappa shape index (κ2) is 6.75. The van der Waals surface area contributed by atoms with E-state index in [2.05, 4.69) is 15.9 Å². The molecule has 0 aliphatic rings. The predicted molar refractivity (Wildman–Crippen MR) is 81.3 cm³/mol. The Morgan fingerprint density at radius 2 is 1.75 bits per heavy atom. The van der Waals surface area contributed by atoms with E-state index in [1.807, 2.05) is 18.2 Å². The lowest BCUT2D eigenvalue weighted by Gasteiger charge is -2.15. The van der Waals surface area contributed by atoms with E-state index in [1.165, 1.54) is 12.1 Å². The van der Waals surface area contributed by atoms with Gasteiger partial charge in [0.05, 0.1) is 14.2 Å². The smallest absolute Gasteiger partial charge is 0.123 e. The standard InChI is InChI=1S/C16H16BrFO2/c1-19-13-7-8-16(20-2)14(10-13)15(17)9-11-3-5-12(18)6-4-11/h3-8,10,15H,9H2,1-2H3. The Bertz CT molecular complexity index is 569. The lowest BCUT2D eigenvalue weighted by Crippen LogP contribution is -2.00. The third-order valence-corrected chi connectivity index (χ3v) is 3.92. The van der Waals surface area contributed by atoms with Crippen molar-refractivity contribution in [3.8, 4) is 11.5 Å². The van der Waals surface area contributed by atoms with Gasteiger partial charge in [0.25, 0.3) is 0 Å². The van der Waals surface area contributed by atoms with Crippen LogP contribution in [-0.2, 0) is 6.42 Å². The first kappa shape index (κ1) is 14.9. The Hall–Kier alpha value is -1.55. The van der Waals surface area contributed by atoms with Crippen molar-refractivity contribution in [2.45, 2.75) is 11.2 Å². The average Bonchev–Trinajstić information content (AvgIpc) is 2.48. The molecule has 0 saturated heterocycles. The van der Waals surface area contributed by atoms with Crippen LogP contribution in [-0.4, -0.2) is 14.2 Å². The van der Waals surface area contributed by atoms with Crippen LogP contribution in [0, 0.1) is 5.82 Å². The van der Waals surface area contributed by atoms with E-state index in [0.717, 1.165) is 29.0 Å². The molecule has 1 atom stereocenters. The van der Waals surface area contributed by atoms with Crippen LogP contribution in [0.1, 0.15) is 16.0 Å². The zero-order valence-corrected chi connectivity index (χ0v) is 13.0. The van der Waals surface area contributed by atoms with Gasteiger partial charge in [0.15, 0.2) is 0 Å². The van der Waals surface area contributed by atoms with Crippen LogP contribution in [0.2, 0.25) is 0 Å². The quantitative estimate of drug-likeness (QED) is 0.746. The molecule has 0 aliphatic heterocycles. The van der Waals surface area contributed by atoms with Crippen LogP contribution in [0.25, 0.3) is 0 Å². The Morgan fingerprint density at radius 1 is 1.05 bits per heavy atom. The highest BCUT2D eigenvalue weighted by Gasteiger charge is 2.15. The van der Waals surface area contributed by atoms with Crippen LogP contribution in [0.3, 0.4) is 0 Å². The molecule has 106 valence electrons. The number of hydrogen-bond donors (Lipinski definition) is 0. The number of benzene rings is 2. The maximum Gasteiger partial charge on any atom is 0.123 e. The lowest BCUT2D eigenvalue weighted by molar-refractivity contribution is 0.398. The van der Waals surface area contributed by atoms with Crippen molar-refractivity contribution in [3.05, 3.63) is 59.4 Å². The summed E-state index contributed by atoms with van der Waals surface area (Å²) < 4.78 is 23.5. The van der Waals surface area contributed by atoms with Crippen molar-refractivity contribution in [3.63, 3.8) is 0 Å². The summed E-state index contributed by atoms with van der Waals surface area (Å²) >= 11 is 3.67. The Labute approximate surface area is 126 Å². The van der Waals surface area contributed by atoms with E-state index in [-0.39, 0.29) is 10.6 Å². The Kier molecular flexibility index (Phi) is 5.01. The van der Waals surface area contributed by atoms with Crippen LogP contribution in [0.15, 0.2) is 42.5 Å². The second-order valence-electron chi connectivity index (χ2n) is 4.41. The summed E-state index contributed by atoms with van der Waals surface area (Å²) in [4.78, 5) is 0.0676. The summed E-state index contributed by atoms with van der Waals surface area (Å²) in [7, 11) is 3.28. The molecule has 4 heteroatoms. The highest BCUT2D eigenvalue weighted by Crippen LogP contribution is 2.36. The normalized spacial score (nSPS) is 12.0. The Morgan fingerprint density at radius 3 is 2.35 bits per heavy atom. The van der Waals surface area contributed by atoms with Gasteiger partial charge in [0.2, 0.25) is 0 Å². The highest BCUT2D eigenvalue weighted by atomic mass is 79.9. The molecular weight excluding hydrogens is 323 g/mol. The molecule has 2 nitrogen and oxygen atoms in total. The van der Waals surface area contributed by atoms with E-state index in [9.17, 15) is 4.39 Å². The van der Waals surface area contributed by atoms with Gasteiger partial charge in [-0.05, 0) is 42.3 Å². The molecule has 0 bridgehead atoms. The van der Waals surface area contributed by atoms with Crippen LogP contribution >= 0.6 is 15.9 Å². The number of ether oxygens (including phenoxy) is 2. The van der Waals surface area contributed by atoms with Crippen LogP contribution < -0.4 is 9.47 Å². The van der Waals surface area contributed by atoms with Gasteiger partial charge in [-0.3, -0.25) is 0 Å². The van der Waals surface area contributed by atoms with Gasteiger partial charge in [0, 0.05) is 10.4 Å². The third-order valence-electron chi connectivity index (χ3n) is 3.10. The summed E-state index contributed by atoms with van der Waals surface area (Å²) in [5.74, 6) is 1.36. The van der Waals surface area contributed by atoms with Gasteiger partial charge in [-0.2, -0.15) is 0 Å². The number of rotatable bonds is 5. The van der Waals surface area contributed by atoms with E-state index in [0.29, 0.717) is 0 Å². The van der Waals surface area contributed by atoms with Gasteiger partial charge < -0.3 is 9.47 Å². The fourth-order valence-corrected chi connectivity index (χ4v) is 2.75. The monoisotopic (exact) mass is 338 g/mol. The molecule has 0 aliphatic carbocycles. The van der Waals surface area contributed by atoms with Crippen molar-refractivity contribution < 1.29 is 13.9 Å². The molecule has 0 N–H and O–H groups in total. The predicted octanol–water partition coefficient (Wildman–Crippen LogP) is 4.52. The van der Waals surface area contributed by atoms with Gasteiger partial charge in [-0.25, -0.2) is 4.39 Å². The lowest BCUT2D eigenvalue weighted by atomic mass is 10.0. The highest BCUT2D eigenvalue weighted by molar-refractivity contribution is 9.09. The van der Waals surface area contributed by atoms with E-state index in [1.54, 1.807) is 26.4 Å². The Balaban J connectivity index is 2.23. The molecule has 0 amide bonds. The minimum Gasteiger partial charge on any atom is -0.497 e. The van der Waals surface area contributed by atoms with E-state index >= 15 is 0 Å². The fraction of sp³-hybridized carbons (Fsp3) is 0.250. The largest absolute Gasteiger partial charge is 0.497 e. The summed E-state index contributed by atoms with van der Waals surface area (Å²) in [6.07, 6.45) is 0.740. The van der Waals surface area contributed by atoms with Gasteiger partial charge in [0.1, 0.15) is 17.3 Å². The molecule has 0 aromatic heterocycles. The molecule has 2 rings (SSSR count). The second-order valence-corrected chi connectivity index (χ2v) is 5.51. The molecule has 0 heterocycles. The molecule has 1 unspecified atom stereocenters. The van der Waals surface area contributed by atoms with E-state index < -0.39 is 0 Å². The number of methoxy groups -OCH3 is 2. The average molecular weight is 339 g/mol.